The van der Waals surface area contributed by atoms with Crippen LogP contribution in [0.3, 0.4) is 0 Å². The van der Waals surface area contributed by atoms with Gasteiger partial charge in [0.05, 0.1) is 13.2 Å². The second-order valence-electron chi connectivity index (χ2n) is 5.50. The first kappa shape index (κ1) is 18.4. The van der Waals surface area contributed by atoms with E-state index < -0.39 is 29.5 Å². The minimum Gasteiger partial charge on any atom is -0.497 e. The minimum atomic E-state index is -0.925. The number of halogens is 2. The first-order chi connectivity index (χ1) is 11.8. The monoisotopic (exact) mass is 348 g/mol. The second-order valence-corrected chi connectivity index (χ2v) is 5.50. The Bertz CT molecular complexity index is 809. The topological polar surface area (TPSA) is 67.4 Å². The molecule has 0 bridgehead atoms. The molecule has 0 spiro atoms. The van der Waals surface area contributed by atoms with E-state index in [0.717, 1.165) is 17.7 Å². The van der Waals surface area contributed by atoms with Crippen LogP contribution in [0.4, 0.5) is 14.5 Å². The number of ether oxygens (including phenoxy) is 1. The molecule has 5 nitrogen and oxygen atoms in total. The molecule has 0 radical (unpaired) electrons. The van der Waals surface area contributed by atoms with Gasteiger partial charge in [-0.2, -0.15) is 0 Å². The van der Waals surface area contributed by atoms with E-state index in [1.165, 1.54) is 20.1 Å². The van der Waals surface area contributed by atoms with Gasteiger partial charge < -0.3 is 15.4 Å². The minimum absolute atomic E-state index is 0.0863. The van der Waals surface area contributed by atoms with E-state index in [9.17, 15) is 18.4 Å². The molecule has 25 heavy (non-hydrogen) atoms. The van der Waals surface area contributed by atoms with Crippen molar-refractivity contribution in [1.29, 1.82) is 0 Å². The molecule has 2 amide bonds. The van der Waals surface area contributed by atoms with Crippen molar-refractivity contribution in [1.82, 2.24) is 5.32 Å². The van der Waals surface area contributed by atoms with Gasteiger partial charge in [0.1, 0.15) is 17.4 Å². The summed E-state index contributed by atoms with van der Waals surface area (Å²) in [4.78, 5) is 24.0. The molecular formula is C18H18F2N2O3. The van der Waals surface area contributed by atoms with Crippen molar-refractivity contribution >= 4 is 17.5 Å². The summed E-state index contributed by atoms with van der Waals surface area (Å²) in [5, 5.41) is 4.86. The highest BCUT2D eigenvalue weighted by Gasteiger charge is 2.20. The summed E-state index contributed by atoms with van der Waals surface area (Å²) < 4.78 is 31.7. The van der Waals surface area contributed by atoms with Crippen LogP contribution in [0.1, 0.15) is 24.1 Å². The lowest BCUT2D eigenvalue weighted by Gasteiger charge is -2.15. The van der Waals surface area contributed by atoms with Crippen molar-refractivity contribution < 1.29 is 23.1 Å². The van der Waals surface area contributed by atoms with Gasteiger partial charge in [-0.1, -0.05) is 6.07 Å². The summed E-state index contributed by atoms with van der Waals surface area (Å²) in [6.07, 6.45) is 0. The molecule has 0 aromatic heterocycles. The summed E-state index contributed by atoms with van der Waals surface area (Å²) in [7, 11) is 1.52. The third-order valence-corrected chi connectivity index (χ3v) is 3.66. The molecule has 2 aromatic carbocycles. The summed E-state index contributed by atoms with van der Waals surface area (Å²) in [6, 6.07) is 7.21. The molecule has 0 saturated carbocycles. The Hall–Kier alpha value is -2.96. The van der Waals surface area contributed by atoms with Crippen LogP contribution < -0.4 is 15.4 Å². The molecule has 7 heteroatoms. The van der Waals surface area contributed by atoms with Gasteiger partial charge in [0.15, 0.2) is 0 Å². The lowest BCUT2D eigenvalue weighted by atomic mass is 10.1. The second kappa shape index (κ2) is 7.74. The number of aryl methyl sites for hydroxylation is 1. The number of hydrogen-bond acceptors (Lipinski definition) is 3. The lowest BCUT2D eigenvalue weighted by Crippen LogP contribution is -2.37. The average molecular weight is 348 g/mol. The fourth-order valence-electron chi connectivity index (χ4n) is 2.28. The molecule has 0 aliphatic rings. The zero-order valence-electron chi connectivity index (χ0n) is 14.0. The van der Waals surface area contributed by atoms with Crippen molar-refractivity contribution in [3.63, 3.8) is 0 Å². The molecule has 0 saturated heterocycles. The number of rotatable bonds is 4. The van der Waals surface area contributed by atoms with E-state index in [-0.39, 0.29) is 5.56 Å². The molecule has 0 aliphatic heterocycles. The number of carbonyl (C=O) groups excluding carboxylic acids is 2. The molecule has 1 atom stereocenters. The Morgan fingerprint density at radius 3 is 2.40 bits per heavy atom. The third-order valence-electron chi connectivity index (χ3n) is 3.66. The maximum atomic E-state index is 13.7. The fraction of sp³-hybridized carbons (Fsp3) is 0.222. The van der Waals surface area contributed by atoms with E-state index >= 15 is 0 Å². The number of anilines is 1. The number of methoxy groups -OCH3 is 1. The van der Waals surface area contributed by atoms with Gasteiger partial charge in [0, 0.05) is 17.3 Å². The molecule has 132 valence electrons. The van der Waals surface area contributed by atoms with Gasteiger partial charge in [-0.25, -0.2) is 8.78 Å². The van der Waals surface area contributed by atoms with Crippen LogP contribution in [0.2, 0.25) is 0 Å². The van der Waals surface area contributed by atoms with Gasteiger partial charge in [0.2, 0.25) is 0 Å². The number of benzene rings is 2. The van der Waals surface area contributed by atoms with Crippen LogP contribution in [0.5, 0.6) is 5.75 Å². The molecule has 1 unspecified atom stereocenters. The largest absolute Gasteiger partial charge is 0.497 e. The Kier molecular flexibility index (Phi) is 5.69. The number of hydrogen-bond donors (Lipinski definition) is 2. The normalized spacial score (nSPS) is 11.6. The molecule has 2 rings (SSSR count). The van der Waals surface area contributed by atoms with Gasteiger partial charge in [-0.05, 0) is 43.7 Å². The molecule has 2 N–H and O–H groups in total. The molecule has 0 aliphatic carbocycles. The summed E-state index contributed by atoms with van der Waals surface area (Å²) >= 11 is 0. The van der Waals surface area contributed by atoms with Crippen molar-refractivity contribution in [2.75, 3.05) is 12.4 Å². The predicted octanol–water partition coefficient (Wildman–Crippen LogP) is 3.10. The maximum absolute atomic E-state index is 13.7. The van der Waals surface area contributed by atoms with Gasteiger partial charge >= 0.3 is 11.8 Å². The Morgan fingerprint density at radius 1 is 1.08 bits per heavy atom. The highest BCUT2D eigenvalue weighted by Crippen LogP contribution is 2.21. The standard InChI is InChI=1S/C18H18F2N2O3/c1-10-8-13(25-3)5-7-16(10)22-18(24)17(23)21-11(2)14-6-4-12(19)9-15(14)20/h4-9,11H,1-3H3,(H,21,23)(H,22,24). The van der Waals surface area contributed by atoms with Crippen molar-refractivity contribution in [2.24, 2.45) is 0 Å². The summed E-state index contributed by atoms with van der Waals surface area (Å²) in [5.74, 6) is -2.69. The third kappa shape index (κ3) is 4.53. The van der Waals surface area contributed by atoms with E-state index in [1.54, 1.807) is 25.1 Å². The number of carbonyl (C=O) groups is 2. The zero-order valence-corrected chi connectivity index (χ0v) is 14.0. The average Bonchev–Trinajstić information content (AvgIpc) is 2.56. The molecular weight excluding hydrogens is 330 g/mol. The van der Waals surface area contributed by atoms with Crippen LogP contribution in [0.25, 0.3) is 0 Å². The highest BCUT2D eigenvalue weighted by molar-refractivity contribution is 6.39. The first-order valence-corrected chi connectivity index (χ1v) is 7.53. The van der Waals surface area contributed by atoms with E-state index in [4.69, 9.17) is 4.74 Å². The number of nitrogens with one attached hydrogen (secondary N) is 2. The van der Waals surface area contributed by atoms with Gasteiger partial charge in [0.25, 0.3) is 0 Å². The van der Waals surface area contributed by atoms with Crippen LogP contribution in [-0.4, -0.2) is 18.9 Å². The molecule has 0 heterocycles. The first-order valence-electron chi connectivity index (χ1n) is 7.53. The van der Waals surface area contributed by atoms with Crippen molar-refractivity contribution in [3.8, 4) is 5.75 Å². The Morgan fingerprint density at radius 2 is 1.80 bits per heavy atom. The molecule has 0 fully saturated rings. The van der Waals surface area contributed by atoms with E-state index in [1.807, 2.05) is 0 Å². The number of amides is 2. The van der Waals surface area contributed by atoms with Gasteiger partial charge in [-0.15, -0.1) is 0 Å². The van der Waals surface area contributed by atoms with Crippen LogP contribution in [-0.2, 0) is 9.59 Å². The van der Waals surface area contributed by atoms with Crippen LogP contribution in [0, 0.1) is 18.6 Å². The van der Waals surface area contributed by atoms with E-state index in [0.29, 0.717) is 11.4 Å². The van der Waals surface area contributed by atoms with E-state index in [2.05, 4.69) is 10.6 Å². The Labute approximate surface area is 144 Å². The van der Waals surface area contributed by atoms with Crippen LogP contribution >= 0.6 is 0 Å². The van der Waals surface area contributed by atoms with Crippen LogP contribution in [0.15, 0.2) is 36.4 Å². The van der Waals surface area contributed by atoms with Crippen molar-refractivity contribution in [3.05, 3.63) is 59.2 Å². The summed E-state index contributed by atoms with van der Waals surface area (Å²) in [6.45, 7) is 3.26. The summed E-state index contributed by atoms with van der Waals surface area (Å²) in [5.41, 5.74) is 1.27. The fourth-order valence-corrected chi connectivity index (χ4v) is 2.28. The smallest absolute Gasteiger partial charge is 0.313 e. The SMILES string of the molecule is COc1ccc(NC(=O)C(=O)NC(C)c2ccc(F)cc2F)c(C)c1. The quantitative estimate of drug-likeness (QED) is 0.835. The Balaban J connectivity index is 2.03. The predicted molar refractivity (Wildman–Crippen MR) is 89.3 cm³/mol. The van der Waals surface area contributed by atoms with Gasteiger partial charge in [-0.3, -0.25) is 9.59 Å². The molecule has 2 aromatic rings. The zero-order chi connectivity index (χ0) is 18.6. The highest BCUT2D eigenvalue weighted by atomic mass is 19.1. The maximum Gasteiger partial charge on any atom is 0.313 e. The van der Waals surface area contributed by atoms with Crippen molar-refractivity contribution in [2.45, 2.75) is 19.9 Å². The lowest BCUT2D eigenvalue weighted by molar-refractivity contribution is -0.136.